The zero-order valence-electron chi connectivity index (χ0n) is 9.32. The van der Waals surface area contributed by atoms with Crippen LogP contribution in [0.3, 0.4) is 0 Å². The lowest BCUT2D eigenvalue weighted by atomic mass is 10.2. The second-order valence-corrected chi connectivity index (χ2v) is 5.56. The third-order valence-corrected chi connectivity index (χ3v) is 3.76. The van der Waals surface area contributed by atoms with Crippen LogP contribution in [0.25, 0.3) is 0 Å². The number of amides is 1. The van der Waals surface area contributed by atoms with E-state index >= 15 is 0 Å². The first-order valence-corrected chi connectivity index (χ1v) is 6.60. The Morgan fingerprint density at radius 2 is 2.17 bits per heavy atom. The topological polar surface area (TPSA) is 66.4 Å². The number of carbonyl (C=O) groups is 2. The first kappa shape index (κ1) is 13.4. The minimum Gasteiger partial charge on any atom is -0.481 e. The summed E-state index contributed by atoms with van der Waals surface area (Å²) in [4.78, 5) is 22.3. The average molecular weight is 333 g/mol. The molecule has 18 heavy (non-hydrogen) atoms. The van der Waals surface area contributed by atoms with Crippen molar-refractivity contribution in [3.63, 3.8) is 0 Å². The van der Waals surface area contributed by atoms with E-state index in [1.165, 1.54) is 0 Å². The van der Waals surface area contributed by atoms with E-state index in [0.717, 1.165) is 10.0 Å². The standard InChI is InChI=1S/C12H11BrClNO3/c13-7-2-1-6(10(14)3-7)5-15-11(16)8-4-9(8)12(17)18/h1-3,8-9H,4-5H2,(H,15,16)(H,17,18). The normalized spacial score (nSPS) is 21.4. The molecule has 1 aliphatic rings. The van der Waals surface area contributed by atoms with Crippen molar-refractivity contribution in [3.05, 3.63) is 33.3 Å². The molecule has 4 nitrogen and oxygen atoms in total. The number of hydrogen-bond donors (Lipinski definition) is 2. The highest BCUT2D eigenvalue weighted by molar-refractivity contribution is 9.10. The summed E-state index contributed by atoms with van der Waals surface area (Å²) in [5, 5.41) is 12.0. The Morgan fingerprint density at radius 1 is 1.44 bits per heavy atom. The molecule has 0 aromatic heterocycles. The number of halogens is 2. The van der Waals surface area contributed by atoms with Gasteiger partial charge in [0.1, 0.15) is 0 Å². The van der Waals surface area contributed by atoms with Crippen LogP contribution >= 0.6 is 27.5 Å². The van der Waals surface area contributed by atoms with Crippen LogP contribution in [0.2, 0.25) is 5.02 Å². The fourth-order valence-electron chi connectivity index (χ4n) is 1.74. The molecule has 0 saturated heterocycles. The first-order valence-electron chi connectivity index (χ1n) is 5.43. The molecule has 1 aliphatic carbocycles. The summed E-state index contributed by atoms with van der Waals surface area (Å²) >= 11 is 9.31. The fourth-order valence-corrected chi connectivity index (χ4v) is 2.48. The maximum atomic E-state index is 11.6. The molecule has 6 heteroatoms. The van der Waals surface area contributed by atoms with Gasteiger partial charge in [0.25, 0.3) is 0 Å². The van der Waals surface area contributed by atoms with Gasteiger partial charge in [-0.3, -0.25) is 9.59 Å². The van der Waals surface area contributed by atoms with Crippen molar-refractivity contribution in [1.29, 1.82) is 0 Å². The van der Waals surface area contributed by atoms with Crippen molar-refractivity contribution < 1.29 is 14.7 Å². The van der Waals surface area contributed by atoms with Crippen molar-refractivity contribution >= 4 is 39.4 Å². The van der Waals surface area contributed by atoms with Gasteiger partial charge in [-0.1, -0.05) is 33.6 Å². The van der Waals surface area contributed by atoms with Gasteiger partial charge in [0, 0.05) is 16.0 Å². The number of benzene rings is 1. The van der Waals surface area contributed by atoms with Crippen molar-refractivity contribution in [2.75, 3.05) is 0 Å². The van der Waals surface area contributed by atoms with Gasteiger partial charge in [-0.25, -0.2) is 0 Å². The second-order valence-electron chi connectivity index (χ2n) is 4.24. The van der Waals surface area contributed by atoms with Crippen molar-refractivity contribution in [3.8, 4) is 0 Å². The number of rotatable bonds is 4. The third kappa shape index (κ3) is 3.03. The molecule has 0 bridgehead atoms. The molecule has 2 N–H and O–H groups in total. The highest BCUT2D eigenvalue weighted by Crippen LogP contribution is 2.38. The van der Waals surface area contributed by atoms with Crippen LogP contribution in [0.15, 0.2) is 22.7 Å². The third-order valence-electron chi connectivity index (χ3n) is 2.91. The molecule has 2 unspecified atom stereocenters. The van der Waals surface area contributed by atoms with Crippen molar-refractivity contribution in [2.24, 2.45) is 11.8 Å². The molecule has 0 heterocycles. The summed E-state index contributed by atoms with van der Waals surface area (Å²) in [5.41, 5.74) is 0.806. The van der Waals surface area contributed by atoms with Gasteiger partial charge in [-0.15, -0.1) is 0 Å². The largest absolute Gasteiger partial charge is 0.481 e. The molecular formula is C12H11BrClNO3. The predicted octanol–water partition coefficient (Wildman–Crippen LogP) is 2.44. The minimum atomic E-state index is -0.906. The van der Waals surface area contributed by atoms with Crippen LogP contribution in [0, 0.1) is 11.8 Å². The Kier molecular flexibility index (Phi) is 3.92. The lowest BCUT2D eigenvalue weighted by Crippen LogP contribution is -2.26. The highest BCUT2D eigenvalue weighted by Gasteiger charge is 2.48. The van der Waals surface area contributed by atoms with E-state index in [1.807, 2.05) is 12.1 Å². The molecule has 96 valence electrons. The average Bonchev–Trinajstić information content (AvgIpc) is 3.07. The smallest absolute Gasteiger partial charge is 0.307 e. The second kappa shape index (κ2) is 5.28. The number of aliphatic carboxylic acids is 1. The Balaban J connectivity index is 1.89. The van der Waals surface area contributed by atoms with Gasteiger partial charge in [0.15, 0.2) is 0 Å². The van der Waals surface area contributed by atoms with E-state index in [2.05, 4.69) is 21.2 Å². The predicted molar refractivity (Wildman–Crippen MR) is 70.2 cm³/mol. The van der Waals surface area contributed by atoms with Gasteiger partial charge in [0.05, 0.1) is 11.8 Å². The van der Waals surface area contributed by atoms with Crippen LogP contribution < -0.4 is 5.32 Å². The Labute approximate surface area is 117 Å². The monoisotopic (exact) mass is 331 g/mol. The van der Waals surface area contributed by atoms with E-state index in [-0.39, 0.29) is 5.91 Å². The van der Waals surface area contributed by atoms with Crippen molar-refractivity contribution in [1.82, 2.24) is 5.32 Å². The summed E-state index contributed by atoms with van der Waals surface area (Å²) in [6, 6.07) is 5.40. The minimum absolute atomic E-state index is 0.221. The first-order chi connectivity index (χ1) is 8.49. The summed E-state index contributed by atoms with van der Waals surface area (Å²) in [7, 11) is 0. The molecular weight excluding hydrogens is 321 g/mol. The lowest BCUT2D eigenvalue weighted by Gasteiger charge is -2.07. The van der Waals surface area contributed by atoms with E-state index < -0.39 is 17.8 Å². The zero-order chi connectivity index (χ0) is 13.3. The maximum absolute atomic E-state index is 11.6. The molecule has 1 amide bonds. The summed E-state index contributed by atoms with van der Waals surface area (Å²) in [6.07, 6.45) is 0.426. The number of hydrogen-bond acceptors (Lipinski definition) is 2. The van der Waals surface area contributed by atoms with Gasteiger partial charge in [0.2, 0.25) is 5.91 Å². The Morgan fingerprint density at radius 3 is 2.72 bits per heavy atom. The maximum Gasteiger partial charge on any atom is 0.307 e. The Hall–Kier alpha value is -1.07. The summed E-state index contributed by atoms with van der Waals surface area (Å²) in [5.74, 6) is -2.04. The molecule has 1 aromatic rings. The number of carboxylic acid groups (broad SMARTS) is 1. The van der Waals surface area contributed by atoms with Gasteiger partial charge in [-0.05, 0) is 24.1 Å². The van der Waals surface area contributed by atoms with Gasteiger partial charge in [-0.2, -0.15) is 0 Å². The number of nitrogens with one attached hydrogen (secondary N) is 1. The molecule has 1 fully saturated rings. The quantitative estimate of drug-likeness (QED) is 0.890. The summed E-state index contributed by atoms with van der Waals surface area (Å²) in [6.45, 7) is 0.313. The molecule has 1 saturated carbocycles. The van der Waals surface area contributed by atoms with Crippen LogP contribution in [0.1, 0.15) is 12.0 Å². The van der Waals surface area contributed by atoms with Gasteiger partial charge < -0.3 is 10.4 Å². The SMILES string of the molecule is O=C(O)C1CC1C(=O)NCc1ccc(Br)cc1Cl. The zero-order valence-corrected chi connectivity index (χ0v) is 11.7. The van der Waals surface area contributed by atoms with Gasteiger partial charge >= 0.3 is 5.97 Å². The molecule has 2 rings (SSSR count). The Bertz CT molecular complexity index is 506. The van der Waals surface area contributed by atoms with E-state index in [1.54, 1.807) is 6.07 Å². The molecule has 2 atom stereocenters. The van der Waals surface area contributed by atoms with E-state index in [9.17, 15) is 9.59 Å². The van der Waals surface area contributed by atoms with Crippen LogP contribution in [0.5, 0.6) is 0 Å². The number of carbonyl (C=O) groups excluding carboxylic acids is 1. The van der Waals surface area contributed by atoms with Crippen LogP contribution in [-0.4, -0.2) is 17.0 Å². The van der Waals surface area contributed by atoms with E-state index in [0.29, 0.717) is 18.0 Å². The summed E-state index contributed by atoms with van der Waals surface area (Å²) < 4.78 is 0.871. The van der Waals surface area contributed by atoms with E-state index in [4.69, 9.17) is 16.7 Å². The highest BCUT2D eigenvalue weighted by atomic mass is 79.9. The molecule has 1 aromatic carbocycles. The fraction of sp³-hybridized carbons (Fsp3) is 0.333. The molecule has 0 radical (unpaired) electrons. The molecule has 0 aliphatic heterocycles. The van der Waals surface area contributed by atoms with Crippen LogP contribution in [0.4, 0.5) is 0 Å². The lowest BCUT2D eigenvalue weighted by molar-refractivity contribution is -0.140. The van der Waals surface area contributed by atoms with Crippen molar-refractivity contribution in [2.45, 2.75) is 13.0 Å². The molecule has 0 spiro atoms. The number of carboxylic acids is 1. The van der Waals surface area contributed by atoms with Crippen LogP contribution in [-0.2, 0) is 16.1 Å².